The third-order valence-corrected chi connectivity index (χ3v) is 14.9. The van der Waals surface area contributed by atoms with Crippen LogP contribution in [0.25, 0.3) is 22.4 Å². The number of benzene rings is 4. The van der Waals surface area contributed by atoms with Crippen molar-refractivity contribution in [1.82, 2.24) is 9.97 Å². The molecule has 2 heterocycles. The minimum Gasteiger partial charge on any atom is -0.496 e. The van der Waals surface area contributed by atoms with Gasteiger partial charge in [-0.25, -0.2) is 0 Å². The lowest BCUT2D eigenvalue weighted by atomic mass is 9.81. The molecule has 4 aromatic carbocycles. The van der Waals surface area contributed by atoms with Gasteiger partial charge in [0.25, 0.3) is 0 Å². The van der Waals surface area contributed by atoms with E-state index < -0.39 is 7.12 Å². The second kappa shape index (κ2) is 24.0. The van der Waals surface area contributed by atoms with Crippen molar-refractivity contribution in [2.24, 2.45) is 0 Å². The van der Waals surface area contributed by atoms with E-state index in [-0.39, 0.29) is 7.92 Å². The topological polar surface area (TPSA) is 75.5 Å². The predicted octanol–water partition coefficient (Wildman–Crippen LogP) is 12.2. The Bertz CT molecular complexity index is 2100. The molecule has 314 valence electrons. The van der Waals surface area contributed by atoms with Crippen molar-refractivity contribution in [1.29, 1.82) is 0 Å². The number of hydrogen-bond acceptors (Lipinski definition) is 5. The lowest BCUT2D eigenvalue weighted by molar-refractivity contribution is 0.416. The van der Waals surface area contributed by atoms with Crippen molar-refractivity contribution in [2.75, 3.05) is 7.11 Å². The van der Waals surface area contributed by atoms with E-state index >= 15 is 0 Å². The van der Waals surface area contributed by atoms with Crippen molar-refractivity contribution >= 4 is 25.8 Å². The van der Waals surface area contributed by atoms with Gasteiger partial charge < -0.3 is 14.8 Å². The normalized spacial score (nSPS) is 14.1. The fourth-order valence-corrected chi connectivity index (χ4v) is 12.7. The number of aryl methyl sites for hydroxylation is 6. The van der Waals surface area contributed by atoms with Gasteiger partial charge in [-0.1, -0.05) is 144 Å². The SMILES string of the molecule is COc1cccc(C)c1-c1ccccc1P(C1CCCCC1)C1CCCCC1.Cc1cc(C)nc(-c2ccccc2)c1.Cc1cc(C)nc(C)c1.OB(O)c1ccccc1. The van der Waals surface area contributed by atoms with Crippen LogP contribution in [0.5, 0.6) is 5.75 Å². The molecule has 0 saturated heterocycles. The summed E-state index contributed by atoms with van der Waals surface area (Å²) in [6.45, 7) is 12.5. The number of ether oxygens (including phenoxy) is 1. The molecule has 8 rings (SSSR count). The van der Waals surface area contributed by atoms with Crippen LogP contribution in [-0.4, -0.2) is 45.6 Å². The molecule has 2 aliphatic carbocycles. The van der Waals surface area contributed by atoms with Crippen molar-refractivity contribution in [2.45, 2.75) is 117 Å². The minimum atomic E-state index is -1.34. The number of hydrogen-bond donors (Lipinski definition) is 2. The van der Waals surface area contributed by atoms with Crippen LogP contribution >= 0.6 is 7.92 Å². The standard InChI is InChI=1S/C26H35OP.C13H13N.C8H11N.C6H7BO2/c1-20-12-11-18-24(27-2)26(20)23-17-9-10-19-25(23)28(21-13-5-3-6-14-21)22-15-7-4-8-16-22;1-10-8-11(2)14-13(9-10)12-6-4-3-5-7-12;1-6-4-7(2)9-8(3)5-6;8-7(9)6-4-2-1-3-5-6/h9-12,17-19,21-22H,3-8,13-16H2,1-2H3;3-9H,1-2H3;4-5H,1-3H3;1-5,8-9H. The molecule has 2 N–H and O–H groups in total. The molecular formula is C53H66BN2O3P. The molecule has 2 fully saturated rings. The van der Waals surface area contributed by atoms with Gasteiger partial charge in [-0.2, -0.15) is 0 Å². The second-order valence-corrected chi connectivity index (χ2v) is 19.2. The number of nitrogens with zero attached hydrogens (tertiary/aromatic N) is 2. The quantitative estimate of drug-likeness (QED) is 0.124. The van der Waals surface area contributed by atoms with Gasteiger partial charge in [0.2, 0.25) is 0 Å². The summed E-state index contributed by atoms with van der Waals surface area (Å²) >= 11 is 0. The third-order valence-electron chi connectivity index (χ3n) is 11.3. The smallest absolute Gasteiger partial charge is 0.488 e. The summed E-state index contributed by atoms with van der Waals surface area (Å²) < 4.78 is 5.81. The van der Waals surface area contributed by atoms with Crippen LogP contribution in [0.1, 0.15) is 98.0 Å². The predicted molar refractivity (Wildman–Crippen MR) is 257 cm³/mol. The summed E-state index contributed by atoms with van der Waals surface area (Å²) in [6, 6.07) is 43.1. The van der Waals surface area contributed by atoms with Gasteiger partial charge in [0, 0.05) is 28.2 Å². The van der Waals surface area contributed by atoms with E-state index in [2.05, 4.69) is 110 Å². The molecule has 2 aliphatic rings. The molecule has 0 spiro atoms. The maximum atomic E-state index is 8.58. The zero-order valence-corrected chi connectivity index (χ0v) is 38.0. The van der Waals surface area contributed by atoms with Gasteiger partial charge in [-0.05, 0) is 142 Å². The van der Waals surface area contributed by atoms with Gasteiger partial charge in [0.05, 0.1) is 12.8 Å². The molecule has 60 heavy (non-hydrogen) atoms. The van der Waals surface area contributed by atoms with E-state index in [1.54, 1.807) is 29.6 Å². The third kappa shape index (κ3) is 14.0. The Morgan fingerprint density at radius 2 is 1.05 bits per heavy atom. The molecule has 2 saturated carbocycles. The van der Waals surface area contributed by atoms with E-state index in [9.17, 15) is 0 Å². The number of aromatic nitrogens is 2. The average Bonchev–Trinajstić information content (AvgIpc) is 3.25. The zero-order valence-electron chi connectivity index (χ0n) is 37.1. The fraction of sp³-hybridized carbons (Fsp3) is 0.358. The molecule has 6 aromatic rings. The highest BCUT2D eigenvalue weighted by molar-refractivity contribution is 7.67. The molecule has 0 aliphatic heterocycles. The van der Waals surface area contributed by atoms with Crippen LogP contribution in [0.3, 0.4) is 0 Å². The molecule has 0 atom stereocenters. The fourth-order valence-electron chi connectivity index (χ4n) is 8.74. The van der Waals surface area contributed by atoms with E-state index in [0.717, 1.165) is 39.8 Å². The Morgan fingerprint density at radius 1 is 0.550 bits per heavy atom. The van der Waals surface area contributed by atoms with E-state index in [1.807, 2.05) is 52.1 Å². The molecule has 0 radical (unpaired) electrons. The van der Waals surface area contributed by atoms with Gasteiger partial charge in [-0.15, -0.1) is 0 Å². The summed E-state index contributed by atoms with van der Waals surface area (Å²) in [5.74, 6) is 1.02. The summed E-state index contributed by atoms with van der Waals surface area (Å²) in [5.41, 5.74) is 14.5. The molecular weight excluding hydrogens is 754 g/mol. The van der Waals surface area contributed by atoms with Gasteiger partial charge in [0.15, 0.2) is 0 Å². The molecule has 0 amide bonds. The van der Waals surface area contributed by atoms with E-state index in [4.69, 9.17) is 14.8 Å². The van der Waals surface area contributed by atoms with Crippen molar-refractivity contribution in [3.63, 3.8) is 0 Å². The van der Waals surface area contributed by atoms with Crippen LogP contribution in [0.15, 0.2) is 127 Å². The second-order valence-electron chi connectivity index (χ2n) is 16.4. The Hall–Kier alpha value is -4.61. The summed E-state index contributed by atoms with van der Waals surface area (Å²) in [6.07, 6.45) is 14.4. The molecule has 0 bridgehead atoms. The monoisotopic (exact) mass is 820 g/mol. The Balaban J connectivity index is 0.000000176. The summed E-state index contributed by atoms with van der Waals surface area (Å²) in [4.78, 5) is 8.74. The molecule has 0 unspecified atom stereocenters. The number of pyridine rings is 2. The molecule has 7 heteroatoms. The lowest BCUT2D eigenvalue weighted by Crippen LogP contribution is -2.29. The Labute approximate surface area is 362 Å². The first-order valence-electron chi connectivity index (χ1n) is 21.9. The highest BCUT2D eigenvalue weighted by Crippen LogP contribution is 2.56. The van der Waals surface area contributed by atoms with Crippen molar-refractivity contribution in [3.8, 4) is 28.1 Å². The van der Waals surface area contributed by atoms with Gasteiger partial charge >= 0.3 is 7.12 Å². The highest BCUT2D eigenvalue weighted by atomic mass is 31.1. The Morgan fingerprint density at radius 3 is 1.55 bits per heavy atom. The lowest BCUT2D eigenvalue weighted by Gasteiger charge is -2.39. The first kappa shape index (κ1) is 46.5. The van der Waals surface area contributed by atoms with Crippen LogP contribution in [0.2, 0.25) is 0 Å². The largest absolute Gasteiger partial charge is 0.496 e. The summed E-state index contributed by atoms with van der Waals surface area (Å²) in [7, 11) is 0.348. The first-order valence-corrected chi connectivity index (χ1v) is 23.4. The van der Waals surface area contributed by atoms with Crippen LogP contribution in [-0.2, 0) is 0 Å². The van der Waals surface area contributed by atoms with Gasteiger partial charge in [-0.3, -0.25) is 9.97 Å². The van der Waals surface area contributed by atoms with Crippen molar-refractivity contribution in [3.05, 3.63) is 161 Å². The molecule has 5 nitrogen and oxygen atoms in total. The average molecular weight is 821 g/mol. The minimum absolute atomic E-state index is 0.122. The first-order chi connectivity index (χ1) is 29.0. The molecule has 2 aromatic heterocycles. The number of methoxy groups -OCH3 is 1. The van der Waals surface area contributed by atoms with Crippen LogP contribution in [0.4, 0.5) is 0 Å². The maximum Gasteiger partial charge on any atom is 0.488 e. The zero-order chi connectivity index (χ0) is 42.9. The maximum absolute atomic E-state index is 8.58. The number of rotatable bonds is 7. The van der Waals surface area contributed by atoms with Crippen LogP contribution in [0, 0.1) is 41.5 Å². The van der Waals surface area contributed by atoms with Gasteiger partial charge in [0.1, 0.15) is 5.75 Å². The van der Waals surface area contributed by atoms with Crippen LogP contribution < -0.4 is 15.5 Å². The summed E-state index contributed by atoms with van der Waals surface area (Å²) in [5, 5.41) is 18.8. The highest BCUT2D eigenvalue weighted by Gasteiger charge is 2.34. The van der Waals surface area contributed by atoms with E-state index in [1.165, 1.54) is 97.6 Å². The van der Waals surface area contributed by atoms with Crippen molar-refractivity contribution < 1.29 is 14.8 Å². The van der Waals surface area contributed by atoms with E-state index in [0.29, 0.717) is 5.46 Å². The Kier molecular flexibility index (Phi) is 18.6.